The third-order valence-corrected chi connectivity index (χ3v) is 2.06. The van der Waals surface area contributed by atoms with Gasteiger partial charge in [-0.25, -0.2) is 18.0 Å². The third kappa shape index (κ3) is 0.744. The molecule has 68 valence electrons. The Labute approximate surface area is 71.1 Å². The number of carbonyl (C=O) groups excluding carboxylic acids is 1. The Balaban J connectivity index is 2.98. The molecule has 0 spiro atoms. The van der Waals surface area contributed by atoms with Crippen molar-refractivity contribution in [2.75, 3.05) is 0 Å². The molecule has 0 aromatic carbocycles. The Morgan fingerprint density at radius 1 is 1.67 bits per heavy atom. The molecule has 1 aliphatic carbocycles. The van der Waals surface area contributed by atoms with E-state index in [0.29, 0.717) is 6.08 Å². The standard InChI is InChI=1S/C6H4ClF3O2/c1-2-5(4(11)12-7)3(8)6(5,9)10/h2-3H,1H2. The summed E-state index contributed by atoms with van der Waals surface area (Å²) in [6.07, 6.45) is -2.07. The molecule has 0 aromatic rings. The highest BCUT2D eigenvalue weighted by Gasteiger charge is 2.86. The van der Waals surface area contributed by atoms with E-state index in [1.807, 2.05) is 0 Å². The molecule has 6 heteroatoms. The van der Waals surface area contributed by atoms with Crippen LogP contribution in [-0.4, -0.2) is 18.1 Å². The SMILES string of the molecule is C=CC1(C(=O)OCl)C(F)C1(F)F. The number of hydrogen-bond donors (Lipinski definition) is 0. The summed E-state index contributed by atoms with van der Waals surface area (Å²) in [5, 5.41) is 0. The lowest BCUT2D eigenvalue weighted by Gasteiger charge is -2.03. The van der Waals surface area contributed by atoms with Crippen LogP contribution < -0.4 is 0 Å². The Bertz CT molecular complexity index is 243. The van der Waals surface area contributed by atoms with Crippen molar-refractivity contribution in [3.05, 3.63) is 12.7 Å². The molecule has 0 N–H and O–H groups in total. The largest absolute Gasteiger partial charge is 0.346 e. The first kappa shape index (κ1) is 9.38. The Morgan fingerprint density at radius 2 is 2.08 bits per heavy atom. The summed E-state index contributed by atoms with van der Waals surface area (Å²) < 4.78 is 40.9. The number of rotatable bonds is 2. The molecule has 0 radical (unpaired) electrons. The summed E-state index contributed by atoms with van der Waals surface area (Å²) >= 11 is 4.55. The first-order valence-electron chi connectivity index (χ1n) is 2.93. The molecule has 0 bridgehead atoms. The lowest BCUT2D eigenvalue weighted by molar-refractivity contribution is -0.141. The molecule has 1 rings (SSSR count). The van der Waals surface area contributed by atoms with Gasteiger partial charge >= 0.3 is 11.9 Å². The average molecular weight is 201 g/mol. The van der Waals surface area contributed by atoms with Crippen molar-refractivity contribution < 1.29 is 22.3 Å². The van der Waals surface area contributed by atoms with Gasteiger partial charge in [0.15, 0.2) is 11.6 Å². The molecule has 1 saturated carbocycles. The van der Waals surface area contributed by atoms with Gasteiger partial charge in [0.2, 0.25) is 0 Å². The minimum atomic E-state index is -3.75. The number of alkyl halides is 3. The van der Waals surface area contributed by atoms with Gasteiger partial charge in [0.05, 0.1) is 0 Å². The second kappa shape index (κ2) is 2.39. The normalized spacial score (nSPS) is 37.2. The Hall–Kier alpha value is -0.710. The first-order valence-corrected chi connectivity index (χ1v) is 3.24. The summed E-state index contributed by atoms with van der Waals surface area (Å²) in [5.74, 6) is -5.27. The van der Waals surface area contributed by atoms with Gasteiger partial charge in [-0.05, 0) is 0 Å². The molecular weight excluding hydrogens is 197 g/mol. The van der Waals surface area contributed by atoms with Crippen molar-refractivity contribution >= 4 is 17.8 Å². The van der Waals surface area contributed by atoms with E-state index in [-0.39, 0.29) is 0 Å². The monoisotopic (exact) mass is 200 g/mol. The van der Waals surface area contributed by atoms with Gasteiger partial charge in [-0.3, -0.25) is 0 Å². The fourth-order valence-electron chi connectivity index (χ4n) is 1.01. The van der Waals surface area contributed by atoms with Gasteiger partial charge in [-0.2, -0.15) is 0 Å². The minimum absolute atomic E-state index is 0.516. The van der Waals surface area contributed by atoms with Crippen molar-refractivity contribution in [2.45, 2.75) is 12.1 Å². The van der Waals surface area contributed by atoms with Gasteiger partial charge < -0.3 is 4.29 Å². The zero-order valence-electron chi connectivity index (χ0n) is 5.69. The van der Waals surface area contributed by atoms with E-state index >= 15 is 0 Å². The van der Waals surface area contributed by atoms with E-state index in [1.54, 1.807) is 0 Å². The summed E-state index contributed by atoms with van der Waals surface area (Å²) in [6.45, 7) is 2.93. The van der Waals surface area contributed by atoms with Gasteiger partial charge in [0, 0.05) is 0 Å². The maximum absolute atomic E-state index is 12.5. The second-order valence-electron chi connectivity index (χ2n) is 2.42. The molecule has 0 heterocycles. The second-order valence-corrected chi connectivity index (χ2v) is 2.58. The van der Waals surface area contributed by atoms with Crippen LogP contribution in [0.1, 0.15) is 0 Å². The zero-order valence-corrected chi connectivity index (χ0v) is 6.45. The topological polar surface area (TPSA) is 26.3 Å². The maximum atomic E-state index is 12.5. The van der Waals surface area contributed by atoms with E-state index in [9.17, 15) is 18.0 Å². The summed E-state index contributed by atoms with van der Waals surface area (Å²) in [5.41, 5.74) is -2.57. The molecule has 0 aliphatic heterocycles. The fourth-order valence-corrected chi connectivity index (χ4v) is 1.14. The van der Waals surface area contributed by atoms with Crippen LogP contribution >= 0.6 is 11.9 Å². The minimum Gasteiger partial charge on any atom is -0.346 e. The average Bonchev–Trinajstić information content (AvgIpc) is 2.47. The molecule has 2 unspecified atom stereocenters. The summed E-state index contributed by atoms with van der Waals surface area (Å²) in [7, 11) is 0. The predicted octanol–water partition coefficient (Wildman–Crippen LogP) is 1.84. The number of carbonyl (C=O) groups is 1. The summed E-state index contributed by atoms with van der Waals surface area (Å²) in [4.78, 5) is 10.6. The Kier molecular flexibility index (Phi) is 1.87. The zero-order chi connectivity index (χ0) is 9.57. The molecule has 12 heavy (non-hydrogen) atoms. The fraction of sp³-hybridized carbons (Fsp3) is 0.500. The molecule has 1 fully saturated rings. The van der Waals surface area contributed by atoms with E-state index in [4.69, 9.17) is 0 Å². The van der Waals surface area contributed by atoms with Crippen LogP contribution in [-0.2, 0) is 9.08 Å². The molecule has 2 atom stereocenters. The van der Waals surface area contributed by atoms with Gasteiger partial charge in [-0.1, -0.05) is 6.08 Å². The van der Waals surface area contributed by atoms with Crippen LogP contribution in [0.3, 0.4) is 0 Å². The van der Waals surface area contributed by atoms with E-state index in [0.717, 1.165) is 0 Å². The van der Waals surface area contributed by atoms with Crippen LogP contribution in [0.5, 0.6) is 0 Å². The Morgan fingerprint density at radius 3 is 2.17 bits per heavy atom. The van der Waals surface area contributed by atoms with Crippen LogP contribution in [0.25, 0.3) is 0 Å². The van der Waals surface area contributed by atoms with Crippen LogP contribution in [0, 0.1) is 5.41 Å². The molecule has 0 amide bonds. The van der Waals surface area contributed by atoms with Crippen molar-refractivity contribution in [1.82, 2.24) is 0 Å². The van der Waals surface area contributed by atoms with Gasteiger partial charge in [0.1, 0.15) is 11.9 Å². The van der Waals surface area contributed by atoms with Crippen molar-refractivity contribution in [3.8, 4) is 0 Å². The van der Waals surface area contributed by atoms with E-state index < -0.39 is 23.5 Å². The maximum Gasteiger partial charge on any atom is 0.344 e. The molecule has 2 nitrogen and oxygen atoms in total. The van der Waals surface area contributed by atoms with Crippen molar-refractivity contribution in [1.29, 1.82) is 0 Å². The lowest BCUT2D eigenvalue weighted by Crippen LogP contribution is -2.20. The number of halogens is 4. The van der Waals surface area contributed by atoms with Crippen molar-refractivity contribution in [3.63, 3.8) is 0 Å². The molecule has 0 aromatic heterocycles. The quantitative estimate of drug-likeness (QED) is 0.636. The van der Waals surface area contributed by atoms with Gasteiger partial charge in [-0.15, -0.1) is 6.58 Å². The van der Waals surface area contributed by atoms with Crippen LogP contribution in [0.2, 0.25) is 0 Å². The van der Waals surface area contributed by atoms with Crippen molar-refractivity contribution in [2.24, 2.45) is 5.41 Å². The predicted molar refractivity (Wildman–Crippen MR) is 34.4 cm³/mol. The molecule has 1 aliphatic rings. The number of hydrogen-bond acceptors (Lipinski definition) is 2. The third-order valence-electron chi connectivity index (χ3n) is 1.92. The van der Waals surface area contributed by atoms with E-state index in [1.165, 1.54) is 0 Å². The molecular formula is C6H4ClF3O2. The van der Waals surface area contributed by atoms with Gasteiger partial charge in [0.25, 0.3) is 0 Å². The summed E-state index contributed by atoms with van der Waals surface area (Å²) in [6, 6.07) is 0. The lowest BCUT2D eigenvalue weighted by atomic mass is 10.1. The molecule has 0 saturated heterocycles. The van der Waals surface area contributed by atoms with E-state index in [2.05, 4.69) is 22.7 Å². The van der Waals surface area contributed by atoms with Crippen LogP contribution in [0.4, 0.5) is 13.2 Å². The highest BCUT2D eigenvalue weighted by molar-refractivity contribution is 6.14. The van der Waals surface area contributed by atoms with Crippen LogP contribution in [0.15, 0.2) is 12.7 Å². The highest BCUT2D eigenvalue weighted by atomic mass is 35.5. The highest BCUT2D eigenvalue weighted by Crippen LogP contribution is 2.64. The smallest absolute Gasteiger partial charge is 0.344 e. The first-order chi connectivity index (χ1) is 5.45.